The fraction of sp³-hybridized carbons (Fsp3) is 0.318. The molecule has 1 aliphatic heterocycles. The molecule has 0 aromatic heterocycles. The van der Waals surface area contributed by atoms with Crippen molar-refractivity contribution in [2.24, 2.45) is 4.99 Å². The molecule has 3 N–H and O–H groups in total. The fourth-order valence-corrected chi connectivity index (χ4v) is 2.79. The van der Waals surface area contributed by atoms with E-state index in [1.54, 1.807) is 7.11 Å². The van der Waals surface area contributed by atoms with Gasteiger partial charge in [-0.25, -0.2) is 9.59 Å². The van der Waals surface area contributed by atoms with Gasteiger partial charge in [0.1, 0.15) is 11.6 Å². The Kier molecular flexibility index (Phi) is 9.15. The average Bonchev–Trinajstić information content (AvgIpc) is 3.30. The van der Waals surface area contributed by atoms with Crippen LogP contribution in [0.15, 0.2) is 53.5 Å². The summed E-state index contributed by atoms with van der Waals surface area (Å²) < 4.78 is 17.4. The fourth-order valence-electron chi connectivity index (χ4n) is 2.79. The summed E-state index contributed by atoms with van der Waals surface area (Å²) in [6, 6.07) is 15.9. The summed E-state index contributed by atoms with van der Waals surface area (Å²) in [7, 11) is 1.64. The van der Waals surface area contributed by atoms with Gasteiger partial charge in [0.15, 0.2) is 17.6 Å². The van der Waals surface area contributed by atoms with Crippen LogP contribution < -0.4 is 19.5 Å². The lowest BCUT2D eigenvalue weighted by Gasteiger charge is -2.22. The molecular weight excluding hydrogens is 404 g/mol. The number of ether oxygens (including phenoxy) is 3. The van der Waals surface area contributed by atoms with E-state index in [0.29, 0.717) is 18.1 Å². The SMILES string of the molecule is CCOc1ccc(OC)cc1OC(Cc1ccccc1)C1=NCCN1.O=C(O)C(=O)O. The first kappa shape index (κ1) is 23.5. The minimum Gasteiger partial charge on any atom is -0.497 e. The zero-order chi connectivity index (χ0) is 22.6. The van der Waals surface area contributed by atoms with Crippen molar-refractivity contribution in [2.75, 3.05) is 26.8 Å². The van der Waals surface area contributed by atoms with Gasteiger partial charge in [0.05, 0.1) is 20.3 Å². The predicted octanol–water partition coefficient (Wildman–Crippen LogP) is 2.24. The number of carboxylic acids is 2. The minimum absolute atomic E-state index is 0.198. The molecule has 1 unspecified atom stereocenters. The average molecular weight is 430 g/mol. The van der Waals surface area contributed by atoms with Gasteiger partial charge >= 0.3 is 11.9 Å². The number of nitrogens with one attached hydrogen (secondary N) is 1. The largest absolute Gasteiger partial charge is 0.497 e. The molecule has 0 spiro atoms. The van der Waals surface area contributed by atoms with Crippen LogP contribution in [0.25, 0.3) is 0 Å². The third kappa shape index (κ3) is 7.54. The zero-order valence-corrected chi connectivity index (χ0v) is 17.4. The van der Waals surface area contributed by atoms with Crippen molar-refractivity contribution >= 4 is 17.8 Å². The Morgan fingerprint density at radius 2 is 1.81 bits per heavy atom. The first-order chi connectivity index (χ1) is 14.9. The Bertz CT molecular complexity index is 888. The molecule has 2 aromatic rings. The molecular formula is C22H26N2O7. The number of amidine groups is 1. The Labute approximate surface area is 180 Å². The molecule has 0 amide bonds. The highest BCUT2D eigenvalue weighted by atomic mass is 16.5. The summed E-state index contributed by atoms with van der Waals surface area (Å²) in [5.41, 5.74) is 1.20. The monoisotopic (exact) mass is 430 g/mol. The summed E-state index contributed by atoms with van der Waals surface area (Å²) >= 11 is 0. The maximum absolute atomic E-state index is 9.10. The summed E-state index contributed by atoms with van der Waals surface area (Å²) in [5, 5.41) is 18.1. The lowest BCUT2D eigenvalue weighted by molar-refractivity contribution is -0.159. The molecule has 3 rings (SSSR count). The lowest BCUT2D eigenvalue weighted by atomic mass is 10.1. The van der Waals surface area contributed by atoms with Gasteiger partial charge in [0.2, 0.25) is 0 Å². The molecule has 1 heterocycles. The molecule has 31 heavy (non-hydrogen) atoms. The van der Waals surface area contributed by atoms with Crippen LogP contribution in [0.4, 0.5) is 0 Å². The molecule has 0 saturated carbocycles. The smallest absolute Gasteiger partial charge is 0.414 e. The van der Waals surface area contributed by atoms with Crippen LogP contribution in [-0.2, 0) is 16.0 Å². The van der Waals surface area contributed by atoms with E-state index >= 15 is 0 Å². The van der Waals surface area contributed by atoms with Crippen LogP contribution in [0.1, 0.15) is 12.5 Å². The second-order valence-corrected chi connectivity index (χ2v) is 6.35. The minimum atomic E-state index is -1.82. The van der Waals surface area contributed by atoms with E-state index in [-0.39, 0.29) is 6.10 Å². The predicted molar refractivity (Wildman–Crippen MR) is 114 cm³/mol. The van der Waals surface area contributed by atoms with Gasteiger partial charge in [-0.15, -0.1) is 0 Å². The maximum Gasteiger partial charge on any atom is 0.414 e. The van der Waals surface area contributed by atoms with Crippen LogP contribution in [0.2, 0.25) is 0 Å². The normalized spacial score (nSPS) is 13.0. The van der Waals surface area contributed by atoms with Gasteiger partial charge < -0.3 is 29.7 Å². The third-order valence-corrected chi connectivity index (χ3v) is 4.17. The number of rotatable bonds is 8. The number of hydrogen-bond acceptors (Lipinski definition) is 7. The van der Waals surface area contributed by atoms with E-state index in [4.69, 9.17) is 34.0 Å². The highest BCUT2D eigenvalue weighted by Crippen LogP contribution is 2.33. The van der Waals surface area contributed by atoms with Crippen LogP contribution in [0.3, 0.4) is 0 Å². The topological polar surface area (TPSA) is 127 Å². The number of aliphatic carboxylic acids is 2. The molecule has 1 atom stereocenters. The van der Waals surface area contributed by atoms with E-state index in [9.17, 15) is 0 Å². The molecule has 0 fully saturated rings. The van der Waals surface area contributed by atoms with Crippen LogP contribution in [-0.4, -0.2) is 60.9 Å². The maximum atomic E-state index is 9.10. The Morgan fingerprint density at radius 1 is 1.10 bits per heavy atom. The number of nitrogens with zero attached hydrogens (tertiary/aromatic N) is 1. The van der Waals surface area contributed by atoms with Crippen molar-refractivity contribution in [1.29, 1.82) is 0 Å². The van der Waals surface area contributed by atoms with Gasteiger partial charge in [0, 0.05) is 19.0 Å². The molecule has 9 nitrogen and oxygen atoms in total. The molecule has 0 saturated heterocycles. The van der Waals surface area contributed by atoms with E-state index in [1.807, 2.05) is 43.3 Å². The van der Waals surface area contributed by atoms with E-state index in [2.05, 4.69) is 22.4 Å². The van der Waals surface area contributed by atoms with Crippen LogP contribution in [0.5, 0.6) is 17.2 Å². The number of hydrogen-bond donors (Lipinski definition) is 3. The molecule has 2 aromatic carbocycles. The molecule has 0 radical (unpaired) electrons. The second kappa shape index (κ2) is 12.1. The van der Waals surface area contributed by atoms with Gasteiger partial charge in [-0.1, -0.05) is 30.3 Å². The Hall–Kier alpha value is -3.75. The summed E-state index contributed by atoms with van der Waals surface area (Å²) in [5.74, 6) is -0.657. The number of aliphatic imine (C=N–C) groups is 1. The highest BCUT2D eigenvalue weighted by Gasteiger charge is 2.23. The van der Waals surface area contributed by atoms with Gasteiger partial charge in [-0.3, -0.25) is 4.99 Å². The van der Waals surface area contributed by atoms with Crippen molar-refractivity contribution in [3.05, 3.63) is 54.1 Å². The Morgan fingerprint density at radius 3 is 2.35 bits per heavy atom. The Balaban J connectivity index is 0.000000501. The zero-order valence-electron chi connectivity index (χ0n) is 17.4. The standard InChI is InChI=1S/C20H24N2O3.C2H2O4/c1-3-24-17-10-9-16(23-2)14-18(17)25-19(20-21-11-12-22-20)13-15-7-5-4-6-8-15;3-1(4)2(5)6/h4-10,14,19H,3,11-13H2,1-2H3,(H,21,22);(H,3,4)(H,5,6). The summed E-state index contributed by atoms with van der Waals surface area (Å²) in [4.78, 5) is 22.8. The highest BCUT2D eigenvalue weighted by molar-refractivity contribution is 6.27. The second-order valence-electron chi connectivity index (χ2n) is 6.35. The number of carboxylic acid groups (broad SMARTS) is 2. The summed E-state index contributed by atoms with van der Waals surface area (Å²) in [6.07, 6.45) is 0.534. The first-order valence-electron chi connectivity index (χ1n) is 9.70. The van der Waals surface area contributed by atoms with Gasteiger partial charge in [-0.05, 0) is 24.6 Å². The number of carbonyl (C=O) groups is 2. The van der Waals surface area contributed by atoms with Crippen LogP contribution in [0, 0.1) is 0 Å². The van der Waals surface area contributed by atoms with Crippen molar-refractivity contribution in [3.63, 3.8) is 0 Å². The van der Waals surface area contributed by atoms with Crippen molar-refractivity contribution in [2.45, 2.75) is 19.4 Å². The lowest BCUT2D eigenvalue weighted by Crippen LogP contribution is -2.37. The van der Waals surface area contributed by atoms with E-state index < -0.39 is 11.9 Å². The van der Waals surface area contributed by atoms with Gasteiger partial charge in [0.25, 0.3) is 0 Å². The molecule has 1 aliphatic rings. The summed E-state index contributed by atoms with van der Waals surface area (Å²) in [6.45, 7) is 4.16. The van der Waals surface area contributed by atoms with Gasteiger partial charge in [-0.2, -0.15) is 0 Å². The molecule has 9 heteroatoms. The number of benzene rings is 2. The number of methoxy groups -OCH3 is 1. The van der Waals surface area contributed by atoms with E-state index in [1.165, 1.54) is 5.56 Å². The quantitative estimate of drug-likeness (QED) is 0.544. The first-order valence-corrected chi connectivity index (χ1v) is 9.70. The third-order valence-electron chi connectivity index (χ3n) is 4.17. The van der Waals surface area contributed by atoms with E-state index in [0.717, 1.165) is 31.1 Å². The molecule has 0 bridgehead atoms. The van der Waals surface area contributed by atoms with Crippen molar-refractivity contribution in [3.8, 4) is 17.2 Å². The molecule has 0 aliphatic carbocycles. The van der Waals surface area contributed by atoms with Crippen LogP contribution >= 0.6 is 0 Å². The molecule has 166 valence electrons. The van der Waals surface area contributed by atoms with Crippen molar-refractivity contribution in [1.82, 2.24) is 5.32 Å². The van der Waals surface area contributed by atoms with Crippen molar-refractivity contribution < 1.29 is 34.0 Å².